The fourth-order valence-electron chi connectivity index (χ4n) is 5.31. The minimum absolute atomic E-state index is 0.0622. The molecule has 5 heteroatoms. The van der Waals surface area contributed by atoms with Crippen LogP contribution in [0.5, 0.6) is 0 Å². The van der Waals surface area contributed by atoms with Crippen molar-refractivity contribution in [2.75, 3.05) is 11.9 Å². The Morgan fingerprint density at radius 3 is 2.19 bits per heavy atom. The Balaban J connectivity index is 1.24. The summed E-state index contributed by atoms with van der Waals surface area (Å²) in [7, 11) is 0. The van der Waals surface area contributed by atoms with Crippen LogP contribution in [0.4, 0.5) is 5.69 Å². The van der Waals surface area contributed by atoms with Crippen LogP contribution in [-0.2, 0) is 14.4 Å². The Kier molecular flexibility index (Phi) is 3.36. The van der Waals surface area contributed by atoms with E-state index in [0.29, 0.717) is 11.8 Å². The van der Waals surface area contributed by atoms with E-state index in [1.807, 2.05) is 31.2 Å². The summed E-state index contributed by atoms with van der Waals surface area (Å²) >= 11 is 0. The lowest BCUT2D eigenvalue weighted by Crippen LogP contribution is -2.40. The van der Waals surface area contributed by atoms with Gasteiger partial charge in [-0.3, -0.25) is 19.3 Å². The SMILES string of the molecule is Cc1ccc(NC(=O)CCN2C(=O)[C@@H]3[C@H]4C=C[C@H]([C@H]5C[C@H]45)[C@@H]3C2=O)cc1. The van der Waals surface area contributed by atoms with Crippen molar-refractivity contribution in [3.63, 3.8) is 0 Å². The molecule has 0 unspecified atom stereocenters. The van der Waals surface area contributed by atoms with Gasteiger partial charge in [0.2, 0.25) is 17.7 Å². The van der Waals surface area contributed by atoms with Gasteiger partial charge in [-0.05, 0) is 49.1 Å². The molecule has 3 fully saturated rings. The minimum Gasteiger partial charge on any atom is -0.326 e. The van der Waals surface area contributed by atoms with Crippen LogP contribution in [0.1, 0.15) is 18.4 Å². The molecule has 2 saturated carbocycles. The number of amides is 3. The van der Waals surface area contributed by atoms with Gasteiger partial charge in [0.15, 0.2) is 0 Å². The van der Waals surface area contributed by atoms with E-state index in [9.17, 15) is 14.4 Å². The van der Waals surface area contributed by atoms with Crippen LogP contribution in [0.25, 0.3) is 0 Å². The van der Waals surface area contributed by atoms with Crippen molar-refractivity contribution in [2.45, 2.75) is 19.8 Å². The summed E-state index contributed by atoms with van der Waals surface area (Å²) in [5.41, 5.74) is 1.86. The van der Waals surface area contributed by atoms with Gasteiger partial charge in [-0.2, -0.15) is 0 Å². The standard InChI is InChI=1S/C21H22N2O3/c1-11-2-4-12(5-3-11)22-17(24)8-9-23-20(25)18-13-6-7-14(16-10-15(13)16)19(18)21(23)26/h2-7,13-16,18-19H,8-10H2,1H3,(H,22,24)/t13-,14+,15-,16-,18+,19-/m1/s1. The van der Waals surface area contributed by atoms with Crippen LogP contribution in [0.15, 0.2) is 36.4 Å². The first kappa shape index (κ1) is 15.8. The number of allylic oxidation sites excluding steroid dienone is 2. The number of carbonyl (C=O) groups is 3. The third-order valence-electron chi connectivity index (χ3n) is 6.65. The molecule has 1 saturated heterocycles. The van der Waals surface area contributed by atoms with Gasteiger partial charge in [-0.1, -0.05) is 29.8 Å². The Bertz CT molecular complexity index is 792. The van der Waals surface area contributed by atoms with Gasteiger partial charge in [0, 0.05) is 18.7 Å². The van der Waals surface area contributed by atoms with Crippen molar-refractivity contribution in [2.24, 2.45) is 35.5 Å². The summed E-state index contributed by atoms with van der Waals surface area (Å²) in [5.74, 6) is 1.02. The Morgan fingerprint density at radius 1 is 1.04 bits per heavy atom. The number of aryl methyl sites for hydroxylation is 1. The lowest BCUT2D eigenvalue weighted by Gasteiger charge is -2.37. The summed E-state index contributed by atoms with van der Waals surface area (Å²) in [6.07, 6.45) is 5.63. The fourth-order valence-corrected chi connectivity index (χ4v) is 5.31. The van der Waals surface area contributed by atoms with Crippen LogP contribution in [-0.4, -0.2) is 29.2 Å². The van der Waals surface area contributed by atoms with Gasteiger partial charge < -0.3 is 5.32 Å². The Morgan fingerprint density at radius 2 is 1.62 bits per heavy atom. The van der Waals surface area contributed by atoms with Crippen molar-refractivity contribution < 1.29 is 14.4 Å². The third-order valence-corrected chi connectivity index (χ3v) is 6.65. The zero-order valence-electron chi connectivity index (χ0n) is 14.7. The lowest BCUT2D eigenvalue weighted by atomic mass is 9.63. The number of likely N-dealkylation sites (tertiary alicyclic amines) is 1. The molecule has 0 radical (unpaired) electrons. The summed E-state index contributed by atoms with van der Waals surface area (Å²) in [4.78, 5) is 39.3. The molecule has 1 aliphatic heterocycles. The highest BCUT2D eigenvalue weighted by Crippen LogP contribution is 2.65. The minimum atomic E-state index is -0.179. The maximum absolute atomic E-state index is 12.9. The van der Waals surface area contributed by atoms with Crippen LogP contribution < -0.4 is 5.32 Å². The molecule has 5 aliphatic rings. The molecule has 1 aromatic carbocycles. The van der Waals surface area contributed by atoms with E-state index >= 15 is 0 Å². The van der Waals surface area contributed by atoms with Crippen molar-refractivity contribution in [3.8, 4) is 0 Å². The summed E-state index contributed by atoms with van der Waals surface area (Å²) in [6, 6.07) is 7.57. The molecule has 26 heavy (non-hydrogen) atoms. The van der Waals surface area contributed by atoms with E-state index in [1.165, 1.54) is 4.90 Å². The lowest BCUT2D eigenvalue weighted by molar-refractivity contribution is -0.140. The number of nitrogens with one attached hydrogen (secondary N) is 1. The number of rotatable bonds is 4. The van der Waals surface area contributed by atoms with Gasteiger partial charge in [-0.15, -0.1) is 0 Å². The third kappa shape index (κ3) is 2.26. The van der Waals surface area contributed by atoms with Crippen molar-refractivity contribution in [1.82, 2.24) is 4.90 Å². The zero-order valence-corrected chi connectivity index (χ0v) is 14.7. The average molecular weight is 350 g/mol. The normalized spacial score (nSPS) is 36.1. The number of imide groups is 1. The molecule has 6 rings (SSSR count). The van der Waals surface area contributed by atoms with Gasteiger partial charge in [0.25, 0.3) is 0 Å². The number of hydrogen-bond donors (Lipinski definition) is 1. The molecule has 0 aromatic heterocycles. The number of nitrogens with zero attached hydrogens (tertiary/aromatic N) is 1. The first-order valence-electron chi connectivity index (χ1n) is 9.44. The molecular formula is C21H22N2O3. The van der Waals surface area contributed by atoms with Gasteiger partial charge in [0.1, 0.15) is 0 Å². The zero-order chi connectivity index (χ0) is 18.0. The molecule has 0 spiro atoms. The smallest absolute Gasteiger partial charge is 0.233 e. The summed E-state index contributed by atoms with van der Waals surface area (Å²) in [5, 5.41) is 2.83. The number of anilines is 1. The highest BCUT2D eigenvalue weighted by Gasteiger charge is 2.66. The molecule has 134 valence electrons. The predicted molar refractivity (Wildman–Crippen MR) is 95.8 cm³/mol. The molecule has 4 aliphatic carbocycles. The second-order valence-corrected chi connectivity index (χ2v) is 8.15. The highest BCUT2D eigenvalue weighted by molar-refractivity contribution is 6.06. The second-order valence-electron chi connectivity index (χ2n) is 8.15. The van der Waals surface area contributed by atoms with Crippen LogP contribution >= 0.6 is 0 Å². The first-order chi connectivity index (χ1) is 12.5. The Hall–Kier alpha value is -2.43. The van der Waals surface area contributed by atoms with Gasteiger partial charge >= 0.3 is 0 Å². The molecule has 1 aromatic rings. The molecular weight excluding hydrogens is 328 g/mol. The largest absolute Gasteiger partial charge is 0.326 e. The van der Waals surface area contributed by atoms with Crippen LogP contribution in [0, 0.1) is 42.4 Å². The number of hydrogen-bond acceptors (Lipinski definition) is 3. The molecule has 3 amide bonds. The molecule has 5 nitrogen and oxygen atoms in total. The van der Waals surface area contributed by atoms with E-state index in [-0.39, 0.29) is 54.4 Å². The first-order valence-corrected chi connectivity index (χ1v) is 9.44. The van der Waals surface area contributed by atoms with Gasteiger partial charge in [0.05, 0.1) is 11.8 Å². The second kappa shape index (κ2) is 5.53. The van der Waals surface area contributed by atoms with E-state index in [1.54, 1.807) is 0 Å². The molecule has 6 atom stereocenters. The Labute approximate surface area is 152 Å². The fraction of sp³-hybridized carbons (Fsp3) is 0.476. The summed E-state index contributed by atoms with van der Waals surface area (Å²) in [6.45, 7) is 2.17. The van der Waals surface area contributed by atoms with Crippen molar-refractivity contribution in [3.05, 3.63) is 42.0 Å². The molecule has 1 heterocycles. The number of benzene rings is 1. The topological polar surface area (TPSA) is 66.5 Å². The van der Waals surface area contributed by atoms with Crippen LogP contribution in [0.3, 0.4) is 0 Å². The number of carbonyl (C=O) groups excluding carboxylic acids is 3. The monoisotopic (exact) mass is 350 g/mol. The van der Waals surface area contributed by atoms with Crippen LogP contribution in [0.2, 0.25) is 0 Å². The quantitative estimate of drug-likeness (QED) is 0.670. The van der Waals surface area contributed by atoms with E-state index in [4.69, 9.17) is 0 Å². The molecule has 2 bridgehead atoms. The highest BCUT2D eigenvalue weighted by atomic mass is 16.2. The van der Waals surface area contributed by atoms with Crippen molar-refractivity contribution >= 4 is 23.4 Å². The predicted octanol–water partition coefficient (Wildman–Crippen LogP) is 2.38. The van der Waals surface area contributed by atoms with E-state index in [2.05, 4.69) is 17.5 Å². The molecule has 1 N–H and O–H groups in total. The maximum Gasteiger partial charge on any atom is 0.233 e. The summed E-state index contributed by atoms with van der Waals surface area (Å²) < 4.78 is 0. The van der Waals surface area contributed by atoms with Gasteiger partial charge in [-0.25, -0.2) is 0 Å². The van der Waals surface area contributed by atoms with Crippen molar-refractivity contribution in [1.29, 1.82) is 0 Å². The average Bonchev–Trinajstić information content (AvgIpc) is 3.41. The maximum atomic E-state index is 12.9. The van der Waals surface area contributed by atoms with E-state index in [0.717, 1.165) is 17.7 Å². The van der Waals surface area contributed by atoms with E-state index < -0.39 is 0 Å².